The highest BCUT2D eigenvalue weighted by Crippen LogP contribution is 2.34. The third-order valence-corrected chi connectivity index (χ3v) is 5.57. The fourth-order valence-corrected chi connectivity index (χ4v) is 4.06. The van der Waals surface area contributed by atoms with Gasteiger partial charge in [-0.25, -0.2) is 0 Å². The lowest BCUT2D eigenvalue weighted by atomic mass is 10.1. The molecule has 1 aromatic heterocycles. The summed E-state index contributed by atoms with van der Waals surface area (Å²) in [6.45, 7) is 10.1. The minimum atomic E-state index is 0.947. The Labute approximate surface area is 161 Å². The minimum Gasteiger partial charge on any atom is -0.309 e. The normalized spacial score (nSPS) is 11.1. The molecule has 25 heavy (non-hydrogen) atoms. The Balaban J connectivity index is 2.10. The molecule has 0 saturated carbocycles. The minimum absolute atomic E-state index is 0.947. The summed E-state index contributed by atoms with van der Waals surface area (Å²) in [4.78, 5) is 0. The Morgan fingerprint density at radius 3 is 2.52 bits per heavy atom. The summed E-state index contributed by atoms with van der Waals surface area (Å²) in [6.07, 6.45) is 1.82. The number of fused-ring (bicyclic) bond motifs is 3. The topological polar surface area (TPSA) is 4.93 Å². The first kappa shape index (κ1) is 16.2. The van der Waals surface area contributed by atoms with Crippen molar-refractivity contribution in [1.29, 1.82) is 0 Å². The van der Waals surface area contributed by atoms with Gasteiger partial charge in [-0.3, -0.25) is 0 Å². The summed E-state index contributed by atoms with van der Waals surface area (Å²) >= 11 is 2.36. The van der Waals surface area contributed by atoms with Gasteiger partial charge >= 0.3 is 0 Å². The molecule has 1 heterocycles. The van der Waals surface area contributed by atoms with Crippen LogP contribution in [0.2, 0.25) is 0 Å². The van der Waals surface area contributed by atoms with Crippen molar-refractivity contribution in [3.63, 3.8) is 0 Å². The molecule has 0 radical (unpaired) electrons. The molecule has 0 spiro atoms. The molecule has 0 aliphatic carbocycles. The maximum atomic E-state index is 4.13. The number of rotatable bonds is 3. The molecule has 4 aromatic rings. The molecule has 0 saturated heterocycles. The molecule has 0 unspecified atom stereocenters. The van der Waals surface area contributed by atoms with Crippen molar-refractivity contribution >= 4 is 50.0 Å². The van der Waals surface area contributed by atoms with E-state index in [1.165, 1.54) is 30.9 Å². The quantitative estimate of drug-likeness (QED) is 0.244. The van der Waals surface area contributed by atoms with E-state index in [1.54, 1.807) is 0 Å². The molecular weight excluding hydrogens is 417 g/mol. The molecule has 0 aliphatic heterocycles. The number of benzene rings is 3. The van der Waals surface area contributed by atoms with Gasteiger partial charge in [0.05, 0.1) is 11.0 Å². The van der Waals surface area contributed by atoms with Gasteiger partial charge in [-0.05, 0) is 77.0 Å². The van der Waals surface area contributed by atoms with Crippen LogP contribution in [-0.2, 0) is 0 Å². The Morgan fingerprint density at radius 2 is 1.72 bits per heavy atom. The third-order valence-electron chi connectivity index (χ3n) is 4.63. The Bertz CT molecular complexity index is 1150. The zero-order chi connectivity index (χ0) is 17.6. The second-order valence-corrected chi connectivity index (χ2v) is 7.43. The fraction of sp³-hybridized carbons (Fsp3) is 0.0435. The largest absolute Gasteiger partial charge is 0.309 e. The average molecular weight is 435 g/mol. The number of halogens is 1. The predicted octanol–water partition coefficient (Wildman–Crippen LogP) is 6.90. The van der Waals surface area contributed by atoms with Crippen LogP contribution in [0.15, 0.2) is 79.9 Å². The van der Waals surface area contributed by atoms with Gasteiger partial charge in [-0.2, -0.15) is 0 Å². The van der Waals surface area contributed by atoms with E-state index in [-0.39, 0.29) is 0 Å². The molecule has 1 nitrogen and oxygen atoms in total. The number of hydrogen-bond donors (Lipinski definition) is 0. The second kappa shape index (κ2) is 6.19. The van der Waals surface area contributed by atoms with E-state index in [1.807, 2.05) is 6.08 Å². The first-order chi connectivity index (χ1) is 12.1. The van der Waals surface area contributed by atoms with Gasteiger partial charge in [0.1, 0.15) is 0 Å². The second-order valence-electron chi connectivity index (χ2n) is 6.27. The van der Waals surface area contributed by atoms with Crippen LogP contribution in [0.4, 0.5) is 0 Å². The standard InChI is InChI=1S/C23H18IN/c1-4-16(3)19-14-17(10-11-21(19)24)25-22-8-6-5-7-18(22)20-13-15(2)9-12-23(20)25/h4-14H,1,3H2,2H3. The first-order valence-corrected chi connectivity index (χ1v) is 9.29. The van der Waals surface area contributed by atoms with Crippen molar-refractivity contribution in [3.8, 4) is 5.69 Å². The van der Waals surface area contributed by atoms with Crippen molar-refractivity contribution in [3.05, 3.63) is 94.6 Å². The van der Waals surface area contributed by atoms with E-state index in [9.17, 15) is 0 Å². The number of aryl methyl sites for hydroxylation is 1. The van der Waals surface area contributed by atoms with E-state index in [0.717, 1.165) is 16.8 Å². The van der Waals surface area contributed by atoms with Gasteiger partial charge in [0.15, 0.2) is 0 Å². The van der Waals surface area contributed by atoms with E-state index >= 15 is 0 Å². The summed E-state index contributed by atoms with van der Waals surface area (Å²) in [6, 6.07) is 21.8. The molecule has 0 amide bonds. The highest BCUT2D eigenvalue weighted by Gasteiger charge is 2.13. The van der Waals surface area contributed by atoms with Crippen LogP contribution in [0.5, 0.6) is 0 Å². The molecule has 0 aliphatic rings. The van der Waals surface area contributed by atoms with Crippen molar-refractivity contribution in [2.24, 2.45) is 0 Å². The maximum absolute atomic E-state index is 4.13. The van der Waals surface area contributed by atoms with Crippen LogP contribution >= 0.6 is 22.6 Å². The average Bonchev–Trinajstić information content (AvgIpc) is 2.95. The van der Waals surface area contributed by atoms with Crippen LogP contribution in [0.1, 0.15) is 11.1 Å². The molecule has 0 bridgehead atoms. The number of aromatic nitrogens is 1. The number of allylic oxidation sites excluding steroid dienone is 2. The highest BCUT2D eigenvalue weighted by atomic mass is 127. The highest BCUT2D eigenvalue weighted by molar-refractivity contribution is 14.1. The summed E-state index contributed by atoms with van der Waals surface area (Å²) in [5.41, 5.74) is 6.95. The Morgan fingerprint density at radius 1 is 0.960 bits per heavy atom. The Kier molecular flexibility index (Phi) is 4.00. The van der Waals surface area contributed by atoms with Gasteiger partial charge in [-0.1, -0.05) is 49.1 Å². The summed E-state index contributed by atoms with van der Waals surface area (Å²) in [5, 5.41) is 2.57. The van der Waals surface area contributed by atoms with Gasteiger partial charge in [-0.15, -0.1) is 0 Å². The molecule has 0 fully saturated rings. The lowest BCUT2D eigenvalue weighted by Gasteiger charge is -2.12. The van der Waals surface area contributed by atoms with Gasteiger partial charge < -0.3 is 4.57 Å². The summed E-state index contributed by atoms with van der Waals surface area (Å²) < 4.78 is 3.52. The van der Waals surface area contributed by atoms with E-state index in [4.69, 9.17) is 0 Å². The van der Waals surface area contributed by atoms with Gasteiger partial charge in [0.2, 0.25) is 0 Å². The summed E-state index contributed by atoms with van der Waals surface area (Å²) in [7, 11) is 0. The Hall–Kier alpha value is -2.33. The molecule has 2 heteroatoms. The van der Waals surface area contributed by atoms with Crippen molar-refractivity contribution in [2.45, 2.75) is 6.92 Å². The van der Waals surface area contributed by atoms with Crippen molar-refractivity contribution in [2.75, 3.05) is 0 Å². The van der Waals surface area contributed by atoms with Crippen LogP contribution in [0.3, 0.4) is 0 Å². The molecule has 4 rings (SSSR count). The molecule has 0 N–H and O–H groups in total. The predicted molar refractivity (Wildman–Crippen MR) is 117 cm³/mol. The number of nitrogens with zero attached hydrogens (tertiary/aromatic N) is 1. The summed E-state index contributed by atoms with van der Waals surface area (Å²) in [5.74, 6) is 0. The fourth-order valence-electron chi connectivity index (χ4n) is 3.37. The van der Waals surface area contributed by atoms with E-state index in [2.05, 4.69) is 108 Å². The monoisotopic (exact) mass is 435 g/mol. The van der Waals surface area contributed by atoms with Crippen molar-refractivity contribution in [1.82, 2.24) is 4.57 Å². The van der Waals surface area contributed by atoms with Crippen LogP contribution < -0.4 is 0 Å². The molecule has 122 valence electrons. The maximum Gasteiger partial charge on any atom is 0.0541 e. The van der Waals surface area contributed by atoms with E-state index < -0.39 is 0 Å². The lowest BCUT2D eigenvalue weighted by molar-refractivity contribution is 1.17. The lowest BCUT2D eigenvalue weighted by Crippen LogP contribution is -1.96. The van der Waals surface area contributed by atoms with Crippen molar-refractivity contribution < 1.29 is 0 Å². The van der Waals surface area contributed by atoms with Crippen LogP contribution in [-0.4, -0.2) is 4.57 Å². The first-order valence-electron chi connectivity index (χ1n) is 8.21. The van der Waals surface area contributed by atoms with Crippen LogP contribution in [0, 0.1) is 10.5 Å². The van der Waals surface area contributed by atoms with E-state index in [0.29, 0.717) is 0 Å². The number of hydrogen-bond acceptors (Lipinski definition) is 0. The molecule has 3 aromatic carbocycles. The zero-order valence-electron chi connectivity index (χ0n) is 14.1. The van der Waals surface area contributed by atoms with Crippen LogP contribution in [0.25, 0.3) is 33.1 Å². The number of para-hydroxylation sites is 1. The SMILES string of the molecule is C=CC(=C)c1cc(-n2c3ccccc3c3cc(C)ccc32)ccc1I. The van der Waals surface area contributed by atoms with Gasteiger partial charge in [0.25, 0.3) is 0 Å². The zero-order valence-corrected chi connectivity index (χ0v) is 16.2. The van der Waals surface area contributed by atoms with Gasteiger partial charge in [0, 0.05) is 20.0 Å². The smallest absolute Gasteiger partial charge is 0.0541 e. The molecule has 0 atom stereocenters. The third kappa shape index (κ3) is 2.61. The molecular formula is C23H18IN.